The second kappa shape index (κ2) is 13.2. The van der Waals surface area contributed by atoms with Gasteiger partial charge < -0.3 is 19.9 Å². The summed E-state index contributed by atoms with van der Waals surface area (Å²) in [7, 11) is 0. The number of hydrogen-bond donors (Lipinski definition) is 2. The number of fused-ring (bicyclic) bond motifs is 3. The van der Waals surface area contributed by atoms with Gasteiger partial charge in [-0.2, -0.15) is 0 Å². The number of nitrogens with zero attached hydrogens (tertiary/aromatic N) is 2. The Kier molecular flexibility index (Phi) is 8.48. The quantitative estimate of drug-likeness (QED) is 0.121. The van der Waals surface area contributed by atoms with Gasteiger partial charge in [0.05, 0.1) is 29.1 Å². The Labute approximate surface area is 274 Å². The molecule has 238 valence electrons. The molecule has 1 aromatic heterocycles. The number of hydrogen-bond acceptors (Lipinski definition) is 5. The number of carbonyl (C=O) groups is 3. The highest BCUT2D eigenvalue weighted by atomic mass is 16.5. The van der Waals surface area contributed by atoms with Crippen LogP contribution in [0.3, 0.4) is 0 Å². The van der Waals surface area contributed by atoms with Gasteiger partial charge in [0.25, 0.3) is 17.7 Å². The minimum atomic E-state index is -0.205. The van der Waals surface area contributed by atoms with Crippen LogP contribution in [0.5, 0.6) is 5.75 Å². The summed E-state index contributed by atoms with van der Waals surface area (Å²) in [5.74, 6) is 0.205. The molecule has 0 radical (unpaired) electrons. The number of ether oxygens (including phenoxy) is 1. The van der Waals surface area contributed by atoms with Crippen molar-refractivity contribution in [2.75, 3.05) is 29.9 Å². The lowest BCUT2D eigenvalue weighted by Gasteiger charge is -2.23. The maximum absolute atomic E-state index is 14.0. The predicted octanol–water partition coefficient (Wildman–Crippen LogP) is 7.92. The summed E-state index contributed by atoms with van der Waals surface area (Å²) in [5.41, 5.74) is 6.42. The van der Waals surface area contributed by atoms with Gasteiger partial charge in [-0.05, 0) is 97.8 Å². The Hall–Kier alpha value is -5.37. The van der Waals surface area contributed by atoms with Crippen molar-refractivity contribution in [3.63, 3.8) is 0 Å². The van der Waals surface area contributed by atoms with Gasteiger partial charge in [-0.25, -0.2) is 0 Å². The third-order valence-corrected chi connectivity index (χ3v) is 9.13. The Morgan fingerprint density at radius 1 is 0.830 bits per heavy atom. The number of imide groups is 1. The smallest absolute Gasteiger partial charge is 0.261 e. The highest BCUT2D eigenvalue weighted by molar-refractivity contribution is 6.21. The number of rotatable bonds is 10. The number of carbonyl (C=O) groups excluding carboxylic acids is 3. The first-order valence-electron chi connectivity index (χ1n) is 16.4. The first-order chi connectivity index (χ1) is 23.0. The Bertz CT molecular complexity index is 1930. The summed E-state index contributed by atoms with van der Waals surface area (Å²) in [6.07, 6.45) is 6.07. The van der Waals surface area contributed by atoms with Gasteiger partial charge in [-0.15, -0.1) is 0 Å². The second-order valence-electron chi connectivity index (χ2n) is 12.4. The SMILES string of the molecule is CC1CCN(C(=O)c2ccc(-c3ccc4[nH]ccc4c3)c(OCCCCCCN3C(=O)c4ccccc4C3=O)c2)c2ccccc2N1. The molecule has 0 aliphatic carbocycles. The van der Waals surface area contributed by atoms with Gasteiger partial charge in [-0.1, -0.05) is 43.2 Å². The van der Waals surface area contributed by atoms with Gasteiger partial charge >= 0.3 is 0 Å². The molecule has 2 N–H and O–H groups in total. The third-order valence-electron chi connectivity index (χ3n) is 9.13. The molecular weight excluding hydrogens is 588 g/mol. The maximum Gasteiger partial charge on any atom is 0.261 e. The summed E-state index contributed by atoms with van der Waals surface area (Å²) in [6.45, 7) is 3.65. The molecule has 0 fully saturated rings. The number of aromatic amines is 1. The summed E-state index contributed by atoms with van der Waals surface area (Å²) < 4.78 is 6.42. The highest BCUT2D eigenvalue weighted by Gasteiger charge is 2.34. The van der Waals surface area contributed by atoms with E-state index < -0.39 is 0 Å². The van der Waals surface area contributed by atoms with Crippen LogP contribution >= 0.6 is 0 Å². The number of unbranched alkanes of at least 4 members (excludes halogenated alkanes) is 3. The number of nitrogens with one attached hydrogen (secondary N) is 2. The van der Waals surface area contributed by atoms with Crippen molar-refractivity contribution in [1.29, 1.82) is 0 Å². The molecule has 2 aliphatic rings. The van der Waals surface area contributed by atoms with Crippen molar-refractivity contribution >= 4 is 40.0 Å². The molecule has 5 aromatic rings. The topological polar surface area (TPSA) is 94.7 Å². The predicted molar refractivity (Wildman–Crippen MR) is 185 cm³/mol. The van der Waals surface area contributed by atoms with Crippen molar-refractivity contribution < 1.29 is 19.1 Å². The summed E-state index contributed by atoms with van der Waals surface area (Å²) in [6, 6.07) is 29.3. The van der Waals surface area contributed by atoms with E-state index in [9.17, 15) is 14.4 Å². The zero-order valence-electron chi connectivity index (χ0n) is 26.5. The molecular formula is C39H38N4O4. The lowest BCUT2D eigenvalue weighted by Crippen LogP contribution is -2.32. The van der Waals surface area contributed by atoms with E-state index in [1.54, 1.807) is 24.3 Å². The second-order valence-corrected chi connectivity index (χ2v) is 12.4. The molecule has 8 nitrogen and oxygen atoms in total. The molecule has 47 heavy (non-hydrogen) atoms. The van der Waals surface area contributed by atoms with E-state index in [0.29, 0.717) is 42.1 Å². The number of para-hydroxylation sites is 2. The normalized spacial score (nSPS) is 15.7. The molecule has 3 heterocycles. The molecule has 1 unspecified atom stereocenters. The van der Waals surface area contributed by atoms with Crippen molar-refractivity contribution in [3.8, 4) is 16.9 Å². The van der Waals surface area contributed by atoms with E-state index in [2.05, 4.69) is 35.4 Å². The standard InChI is InChI=1S/C39H38N4O4/c1-26-19-22-42(35-13-7-6-12-34(35)41-26)37(44)29-14-16-30(27-15-17-33-28(24-27)18-20-40-33)36(25-29)47-23-9-3-2-8-21-43-38(45)31-10-4-5-11-32(31)39(43)46/h4-7,10-18,20,24-26,40-41H,2-3,8-9,19,21-23H2,1H3. The van der Waals surface area contributed by atoms with Crippen LogP contribution in [0, 0.1) is 0 Å². The molecule has 3 amide bonds. The van der Waals surface area contributed by atoms with Crippen LogP contribution < -0.4 is 15.0 Å². The first kappa shape index (κ1) is 30.3. The Morgan fingerprint density at radius 3 is 2.43 bits per heavy atom. The molecule has 2 aliphatic heterocycles. The van der Waals surface area contributed by atoms with Gasteiger partial charge in [-0.3, -0.25) is 19.3 Å². The average molecular weight is 627 g/mol. The largest absolute Gasteiger partial charge is 0.493 e. The van der Waals surface area contributed by atoms with Crippen LogP contribution in [0.4, 0.5) is 11.4 Å². The molecule has 0 bridgehead atoms. The van der Waals surface area contributed by atoms with E-state index in [0.717, 1.165) is 65.5 Å². The lowest BCUT2D eigenvalue weighted by atomic mass is 10.0. The van der Waals surface area contributed by atoms with Gasteiger partial charge in [0.1, 0.15) is 5.75 Å². The minimum absolute atomic E-state index is 0.0565. The highest BCUT2D eigenvalue weighted by Crippen LogP contribution is 2.36. The van der Waals surface area contributed by atoms with Gasteiger partial charge in [0, 0.05) is 42.0 Å². The van der Waals surface area contributed by atoms with E-state index in [-0.39, 0.29) is 23.8 Å². The summed E-state index contributed by atoms with van der Waals surface area (Å²) >= 11 is 0. The summed E-state index contributed by atoms with van der Waals surface area (Å²) in [5, 5.41) is 4.64. The van der Waals surface area contributed by atoms with Crippen LogP contribution in [-0.2, 0) is 0 Å². The van der Waals surface area contributed by atoms with Crippen LogP contribution in [-0.4, -0.2) is 53.3 Å². The van der Waals surface area contributed by atoms with E-state index in [1.807, 2.05) is 59.6 Å². The van der Waals surface area contributed by atoms with E-state index >= 15 is 0 Å². The number of benzene rings is 4. The molecule has 0 saturated carbocycles. The fraction of sp³-hybridized carbons (Fsp3) is 0.256. The van der Waals surface area contributed by atoms with Crippen molar-refractivity contribution in [1.82, 2.24) is 9.88 Å². The zero-order valence-corrected chi connectivity index (χ0v) is 26.5. The Balaban J connectivity index is 1.04. The molecule has 1 atom stereocenters. The molecule has 4 aromatic carbocycles. The first-order valence-corrected chi connectivity index (χ1v) is 16.4. The fourth-order valence-electron chi connectivity index (χ4n) is 6.56. The third kappa shape index (κ3) is 6.11. The van der Waals surface area contributed by atoms with Crippen LogP contribution in [0.15, 0.2) is 97.2 Å². The van der Waals surface area contributed by atoms with Crippen LogP contribution in [0.25, 0.3) is 22.0 Å². The van der Waals surface area contributed by atoms with Crippen LogP contribution in [0.2, 0.25) is 0 Å². The number of aromatic nitrogens is 1. The van der Waals surface area contributed by atoms with Crippen molar-refractivity contribution in [2.24, 2.45) is 0 Å². The number of H-pyrrole nitrogens is 1. The Morgan fingerprint density at radius 2 is 1.60 bits per heavy atom. The average Bonchev–Trinajstić information content (AvgIpc) is 3.60. The van der Waals surface area contributed by atoms with Crippen LogP contribution in [0.1, 0.15) is 70.1 Å². The zero-order chi connectivity index (χ0) is 32.3. The van der Waals surface area contributed by atoms with Gasteiger partial charge in [0.15, 0.2) is 0 Å². The van der Waals surface area contributed by atoms with E-state index in [1.165, 1.54) is 4.90 Å². The maximum atomic E-state index is 14.0. The molecule has 0 saturated heterocycles. The van der Waals surface area contributed by atoms with Gasteiger partial charge in [0.2, 0.25) is 0 Å². The fourth-order valence-corrected chi connectivity index (χ4v) is 6.56. The number of amides is 3. The lowest BCUT2D eigenvalue weighted by molar-refractivity contribution is 0.0651. The molecule has 0 spiro atoms. The summed E-state index contributed by atoms with van der Waals surface area (Å²) in [4.78, 5) is 45.8. The number of anilines is 2. The van der Waals surface area contributed by atoms with Crippen molar-refractivity contribution in [2.45, 2.75) is 45.1 Å². The monoisotopic (exact) mass is 626 g/mol. The van der Waals surface area contributed by atoms with Crippen molar-refractivity contribution in [3.05, 3.63) is 114 Å². The molecule has 8 heteroatoms. The molecule has 7 rings (SSSR count). The minimum Gasteiger partial charge on any atom is -0.493 e. The van der Waals surface area contributed by atoms with E-state index in [4.69, 9.17) is 4.74 Å².